The molecule has 0 spiro atoms. The maximum Gasteiger partial charge on any atom is 1.00 e. The number of allylic oxidation sites excluding steroid dienone is 2. The normalized spacial score (nSPS) is 16.0. The molecule has 2 aliphatic carbocycles. The van der Waals surface area contributed by atoms with Crippen LogP contribution in [0, 0.1) is 0 Å². The maximum absolute atomic E-state index is 11.6. The Hall–Kier alpha value is -1.31. The summed E-state index contributed by atoms with van der Waals surface area (Å²) < 4.78 is 33.8. The van der Waals surface area contributed by atoms with Crippen LogP contribution < -0.4 is 40.0 Å². The molecule has 0 saturated carbocycles. The number of rotatable bonds is 1. The summed E-state index contributed by atoms with van der Waals surface area (Å²) in [5.41, 5.74) is 1.02. The molecule has 0 heterocycles. The van der Waals surface area contributed by atoms with E-state index in [1.54, 1.807) is 6.07 Å². The van der Waals surface area contributed by atoms with Gasteiger partial charge in [0.25, 0.3) is 0 Å². The minimum atomic E-state index is -4.86. The van der Waals surface area contributed by atoms with Crippen LogP contribution in [0.3, 0.4) is 0 Å². The summed E-state index contributed by atoms with van der Waals surface area (Å²) in [5.74, 6) is -0.999. The van der Waals surface area contributed by atoms with Gasteiger partial charge >= 0.3 is 29.6 Å². The summed E-state index contributed by atoms with van der Waals surface area (Å²) in [5, 5.41) is 0.705. The fourth-order valence-electron chi connectivity index (χ4n) is 2.26. The van der Waals surface area contributed by atoms with E-state index in [-0.39, 0.29) is 40.6 Å². The molecular formula is C14H7NaO5S. The van der Waals surface area contributed by atoms with Crippen LogP contribution in [0.5, 0.6) is 0 Å². The first kappa shape index (κ1) is 16.1. The fourth-order valence-corrected chi connectivity index (χ4v) is 3.02. The molecule has 0 N–H and O–H groups in total. The number of ketones is 2. The Kier molecular flexibility index (Phi) is 4.19. The summed E-state index contributed by atoms with van der Waals surface area (Å²) in [6.07, 6.45) is 6.74. The molecule has 0 saturated heterocycles. The number of hydrogen-bond donors (Lipinski definition) is 0. The van der Waals surface area contributed by atoms with Crippen molar-refractivity contribution in [3.63, 3.8) is 0 Å². The van der Waals surface area contributed by atoms with Crippen molar-refractivity contribution >= 4 is 44.8 Å². The molecule has 0 bridgehead atoms. The van der Waals surface area contributed by atoms with Crippen LogP contribution in [0.4, 0.5) is 0 Å². The van der Waals surface area contributed by atoms with Gasteiger partial charge in [-0.3, -0.25) is 9.59 Å². The van der Waals surface area contributed by atoms with Crippen molar-refractivity contribution in [3.8, 4) is 0 Å². The van der Waals surface area contributed by atoms with Gasteiger partial charge in [0.15, 0.2) is 11.6 Å². The van der Waals surface area contributed by atoms with Gasteiger partial charge in [-0.15, -0.1) is 0 Å². The van der Waals surface area contributed by atoms with Crippen molar-refractivity contribution in [2.45, 2.75) is 0 Å². The second-order valence-electron chi connectivity index (χ2n) is 4.43. The predicted molar refractivity (Wildman–Crippen MR) is 71.3 cm³/mol. The van der Waals surface area contributed by atoms with E-state index in [0.717, 1.165) is 6.08 Å². The van der Waals surface area contributed by atoms with Crippen molar-refractivity contribution in [2.75, 3.05) is 0 Å². The molecule has 0 amide bonds. The van der Waals surface area contributed by atoms with Crippen molar-refractivity contribution in [1.82, 2.24) is 0 Å². The molecule has 21 heavy (non-hydrogen) atoms. The van der Waals surface area contributed by atoms with Gasteiger partial charge in [-0.1, -0.05) is 12.2 Å². The van der Waals surface area contributed by atoms with Gasteiger partial charge in [0, 0.05) is 5.22 Å². The van der Waals surface area contributed by atoms with E-state index in [1.165, 1.54) is 30.4 Å². The first-order valence-corrected chi connectivity index (χ1v) is 7.07. The SMILES string of the molecule is O=C1C=Cc2cc3c(cc2=C1)C=CC(=O)C=3S(=O)(=O)[O-].[Na+]. The van der Waals surface area contributed by atoms with Gasteiger partial charge in [-0.2, -0.15) is 0 Å². The maximum atomic E-state index is 11.6. The number of hydrogen-bond acceptors (Lipinski definition) is 5. The first-order chi connectivity index (χ1) is 9.36. The Labute approximate surface area is 142 Å². The minimum absolute atomic E-state index is 0. The minimum Gasteiger partial charge on any atom is -0.744 e. The van der Waals surface area contributed by atoms with Gasteiger partial charge in [0.05, 0.1) is 0 Å². The van der Waals surface area contributed by atoms with Crippen LogP contribution in [0.25, 0.3) is 23.1 Å². The van der Waals surface area contributed by atoms with Crippen molar-refractivity contribution in [3.05, 3.63) is 45.8 Å². The zero-order valence-electron chi connectivity index (χ0n) is 11.0. The molecule has 0 atom stereocenters. The fraction of sp³-hybridized carbons (Fsp3) is 0. The zero-order valence-corrected chi connectivity index (χ0v) is 13.8. The summed E-state index contributed by atoms with van der Waals surface area (Å²) in [4.78, 5) is 22.2. The average molecular weight is 310 g/mol. The number of fused-ring (bicyclic) bond motifs is 2. The van der Waals surface area contributed by atoms with Crippen LogP contribution in [0.1, 0.15) is 11.1 Å². The molecule has 0 aliphatic heterocycles. The van der Waals surface area contributed by atoms with E-state index in [9.17, 15) is 22.6 Å². The van der Waals surface area contributed by atoms with Crippen LogP contribution in [-0.2, 0) is 19.7 Å². The Bertz CT molecular complexity index is 952. The summed E-state index contributed by atoms with van der Waals surface area (Å²) in [7, 11) is -4.86. The van der Waals surface area contributed by atoms with Gasteiger partial charge in [0.1, 0.15) is 15.0 Å². The second kappa shape index (κ2) is 5.47. The van der Waals surface area contributed by atoms with Gasteiger partial charge < -0.3 is 4.55 Å². The predicted octanol–water partition coefficient (Wildman–Crippen LogP) is -3.68. The molecule has 1 aromatic rings. The Morgan fingerprint density at radius 1 is 0.905 bits per heavy atom. The third kappa shape index (κ3) is 2.86. The van der Waals surface area contributed by atoms with E-state index in [0.29, 0.717) is 16.3 Å². The van der Waals surface area contributed by atoms with Gasteiger partial charge in [0.2, 0.25) is 0 Å². The topological polar surface area (TPSA) is 91.3 Å². The summed E-state index contributed by atoms with van der Waals surface area (Å²) in [6, 6.07) is 3.02. The summed E-state index contributed by atoms with van der Waals surface area (Å²) >= 11 is 0. The van der Waals surface area contributed by atoms with Crippen molar-refractivity contribution in [1.29, 1.82) is 0 Å². The molecule has 1 aromatic carbocycles. The summed E-state index contributed by atoms with van der Waals surface area (Å²) in [6.45, 7) is 0. The molecule has 0 aromatic heterocycles. The molecule has 0 radical (unpaired) electrons. The Morgan fingerprint density at radius 2 is 1.57 bits per heavy atom. The van der Waals surface area contributed by atoms with Gasteiger partial charge in [-0.25, -0.2) is 8.42 Å². The molecule has 2 aliphatic rings. The van der Waals surface area contributed by atoms with Crippen molar-refractivity contribution < 1.29 is 52.1 Å². The zero-order chi connectivity index (χ0) is 14.5. The standard InChI is InChI=1S/C14H8O5S.Na/c15-11-3-1-8-7-12-9(5-10(8)6-11)2-4-13(16)14(12)20(17,18)19;/h1-7H,(H,17,18,19);/q;+1/p-1. The Balaban J connectivity index is 0.00000161. The molecular weight excluding hydrogens is 303 g/mol. The second-order valence-corrected chi connectivity index (χ2v) is 5.75. The number of carbonyl (C=O) groups excluding carboxylic acids is 2. The monoisotopic (exact) mass is 310 g/mol. The van der Waals surface area contributed by atoms with E-state index in [2.05, 4.69) is 0 Å². The van der Waals surface area contributed by atoms with Gasteiger partial charge in [-0.05, 0) is 46.7 Å². The van der Waals surface area contributed by atoms with E-state index < -0.39 is 20.8 Å². The third-order valence-corrected chi connectivity index (χ3v) is 4.03. The molecule has 5 nitrogen and oxygen atoms in total. The van der Waals surface area contributed by atoms with E-state index in [1.807, 2.05) is 0 Å². The molecule has 0 fully saturated rings. The van der Waals surface area contributed by atoms with E-state index in [4.69, 9.17) is 0 Å². The van der Waals surface area contributed by atoms with Crippen LogP contribution in [-0.4, -0.2) is 24.5 Å². The molecule has 7 heteroatoms. The van der Waals surface area contributed by atoms with E-state index >= 15 is 0 Å². The smallest absolute Gasteiger partial charge is 0.744 e. The first-order valence-electron chi connectivity index (χ1n) is 5.67. The molecule has 3 rings (SSSR count). The van der Waals surface area contributed by atoms with Crippen LogP contribution in [0.2, 0.25) is 0 Å². The molecule has 100 valence electrons. The number of benzene rings is 1. The van der Waals surface area contributed by atoms with Crippen molar-refractivity contribution in [2.24, 2.45) is 0 Å². The van der Waals surface area contributed by atoms with Crippen LogP contribution >= 0.6 is 0 Å². The number of carbonyl (C=O) groups is 2. The quantitative estimate of drug-likeness (QED) is 0.393. The molecule has 0 unspecified atom stereocenters. The average Bonchev–Trinajstić information content (AvgIpc) is 2.35. The van der Waals surface area contributed by atoms with Crippen LogP contribution in [0.15, 0.2) is 24.3 Å². The largest absolute Gasteiger partial charge is 1.00 e. The third-order valence-electron chi connectivity index (χ3n) is 3.11. The Morgan fingerprint density at radius 3 is 2.24 bits per heavy atom.